The number of sulfonamides is 1. The summed E-state index contributed by atoms with van der Waals surface area (Å²) >= 11 is 0. The highest BCUT2D eigenvalue weighted by molar-refractivity contribution is 7.92. The summed E-state index contributed by atoms with van der Waals surface area (Å²) in [6.07, 6.45) is 1.36. The SMILES string of the molecule is Cc1nccn1-c1ccc(C(F)(F)F)cc1S(=O)(=O)Nc1ccc(NC(=O)NCc2cccnc2)cc1. The number of aryl methyl sites for hydroxylation is 1. The molecule has 0 atom stereocenters. The third-order valence-corrected chi connectivity index (χ3v) is 6.64. The van der Waals surface area contributed by atoms with Crippen LogP contribution in [-0.4, -0.2) is 29.0 Å². The number of halogens is 3. The monoisotopic (exact) mass is 530 g/mol. The van der Waals surface area contributed by atoms with Gasteiger partial charge in [0, 0.05) is 42.7 Å². The summed E-state index contributed by atoms with van der Waals surface area (Å²) in [7, 11) is -4.45. The normalized spacial score (nSPS) is 11.7. The molecule has 13 heteroatoms. The topological polar surface area (TPSA) is 118 Å². The Morgan fingerprint density at radius 3 is 2.38 bits per heavy atom. The van der Waals surface area contributed by atoms with Gasteiger partial charge in [-0.25, -0.2) is 18.2 Å². The number of nitrogens with one attached hydrogen (secondary N) is 3. The Labute approximate surface area is 210 Å². The largest absolute Gasteiger partial charge is 0.416 e. The molecule has 2 aromatic carbocycles. The number of alkyl halides is 3. The van der Waals surface area contributed by atoms with Gasteiger partial charge in [-0.15, -0.1) is 0 Å². The van der Waals surface area contributed by atoms with Crippen LogP contribution in [0.4, 0.5) is 29.3 Å². The summed E-state index contributed by atoms with van der Waals surface area (Å²) in [4.78, 5) is 19.5. The summed E-state index contributed by atoms with van der Waals surface area (Å²) in [5, 5.41) is 5.27. The molecule has 0 aliphatic heterocycles. The average Bonchev–Trinajstić information content (AvgIpc) is 3.29. The number of urea groups is 1. The molecule has 192 valence electrons. The zero-order valence-electron chi connectivity index (χ0n) is 19.3. The lowest BCUT2D eigenvalue weighted by molar-refractivity contribution is -0.137. The fraction of sp³-hybridized carbons (Fsp3) is 0.125. The smallest absolute Gasteiger partial charge is 0.334 e. The molecule has 37 heavy (non-hydrogen) atoms. The zero-order chi connectivity index (χ0) is 26.6. The molecule has 0 aliphatic rings. The van der Waals surface area contributed by atoms with E-state index < -0.39 is 32.7 Å². The molecule has 0 radical (unpaired) electrons. The predicted molar refractivity (Wildman–Crippen MR) is 131 cm³/mol. The predicted octanol–water partition coefficient (Wildman–Crippen LogP) is 4.72. The van der Waals surface area contributed by atoms with Crippen molar-refractivity contribution in [3.63, 3.8) is 0 Å². The number of hydrogen-bond donors (Lipinski definition) is 3. The van der Waals surface area contributed by atoms with Crippen molar-refractivity contribution in [2.75, 3.05) is 10.0 Å². The van der Waals surface area contributed by atoms with Crippen LogP contribution < -0.4 is 15.4 Å². The minimum atomic E-state index is -4.74. The summed E-state index contributed by atoms with van der Waals surface area (Å²) in [5.74, 6) is 0.397. The Morgan fingerprint density at radius 2 is 1.76 bits per heavy atom. The number of hydrogen-bond acceptors (Lipinski definition) is 5. The highest BCUT2D eigenvalue weighted by Crippen LogP contribution is 2.34. The van der Waals surface area contributed by atoms with Crippen molar-refractivity contribution in [3.8, 4) is 5.69 Å². The van der Waals surface area contributed by atoms with Gasteiger partial charge in [0.2, 0.25) is 0 Å². The van der Waals surface area contributed by atoms with Crippen molar-refractivity contribution < 1.29 is 26.4 Å². The third kappa shape index (κ3) is 6.25. The van der Waals surface area contributed by atoms with Gasteiger partial charge in [-0.2, -0.15) is 13.2 Å². The van der Waals surface area contributed by atoms with Gasteiger partial charge in [-0.1, -0.05) is 6.07 Å². The van der Waals surface area contributed by atoms with Crippen molar-refractivity contribution >= 4 is 27.4 Å². The van der Waals surface area contributed by atoms with Crippen molar-refractivity contribution in [2.45, 2.75) is 24.5 Å². The van der Waals surface area contributed by atoms with Crippen LogP contribution in [0, 0.1) is 6.92 Å². The van der Waals surface area contributed by atoms with Gasteiger partial charge in [-0.05, 0) is 61.0 Å². The van der Waals surface area contributed by atoms with Crippen molar-refractivity contribution in [3.05, 3.63) is 96.3 Å². The van der Waals surface area contributed by atoms with Crippen molar-refractivity contribution in [1.82, 2.24) is 19.9 Å². The van der Waals surface area contributed by atoms with E-state index in [-0.39, 0.29) is 17.9 Å². The average molecular weight is 531 g/mol. The number of rotatable bonds is 7. The maximum Gasteiger partial charge on any atom is 0.416 e. The first-order valence-corrected chi connectivity index (χ1v) is 12.3. The van der Waals surface area contributed by atoms with Crippen LogP contribution in [0.15, 0.2) is 84.3 Å². The minimum absolute atomic E-state index is 0.0130. The molecule has 2 heterocycles. The summed E-state index contributed by atoms with van der Waals surface area (Å²) in [6, 6.07) is 11.2. The number of pyridine rings is 1. The number of aromatic nitrogens is 3. The molecule has 0 bridgehead atoms. The second-order valence-corrected chi connectivity index (χ2v) is 9.53. The fourth-order valence-corrected chi connectivity index (χ4v) is 4.71. The fourth-order valence-electron chi connectivity index (χ4n) is 3.43. The maximum atomic E-state index is 13.4. The standard InChI is InChI=1S/C24H21F3N6O3S/c1-16-29-11-12-33(16)21-9-4-18(24(25,26)27)13-22(21)37(35,36)32-20-7-5-19(6-8-20)31-23(34)30-15-17-3-2-10-28-14-17/h2-14,32H,15H2,1H3,(H2,30,31,34). The number of amides is 2. The van der Waals surface area contributed by atoms with Gasteiger partial charge in [0.15, 0.2) is 0 Å². The van der Waals surface area contributed by atoms with E-state index in [4.69, 9.17) is 0 Å². The molecular formula is C24H21F3N6O3S. The van der Waals surface area contributed by atoms with E-state index in [9.17, 15) is 26.4 Å². The Kier molecular flexibility index (Phi) is 7.16. The van der Waals surface area contributed by atoms with E-state index in [1.807, 2.05) is 0 Å². The maximum absolute atomic E-state index is 13.4. The van der Waals surface area contributed by atoms with Crippen LogP contribution in [0.5, 0.6) is 0 Å². The highest BCUT2D eigenvalue weighted by atomic mass is 32.2. The molecule has 0 saturated heterocycles. The Bertz CT molecular complexity index is 1500. The number of nitrogens with zero attached hydrogens (tertiary/aromatic N) is 3. The molecule has 0 aliphatic carbocycles. The van der Waals surface area contributed by atoms with E-state index >= 15 is 0 Å². The molecule has 0 saturated carbocycles. The van der Waals surface area contributed by atoms with E-state index in [1.54, 1.807) is 31.5 Å². The first-order valence-electron chi connectivity index (χ1n) is 10.8. The van der Waals surface area contributed by atoms with E-state index in [2.05, 4.69) is 25.3 Å². The quantitative estimate of drug-likeness (QED) is 0.320. The van der Waals surface area contributed by atoms with E-state index in [1.165, 1.54) is 41.2 Å². The Morgan fingerprint density at radius 1 is 1.03 bits per heavy atom. The second-order valence-electron chi connectivity index (χ2n) is 7.88. The molecule has 2 aromatic heterocycles. The number of carbonyl (C=O) groups is 1. The van der Waals surface area contributed by atoms with Gasteiger partial charge in [0.1, 0.15) is 10.7 Å². The highest BCUT2D eigenvalue weighted by Gasteiger charge is 2.33. The number of anilines is 2. The lowest BCUT2D eigenvalue weighted by atomic mass is 10.2. The van der Waals surface area contributed by atoms with Crippen LogP contribution in [0.1, 0.15) is 17.0 Å². The molecule has 9 nitrogen and oxygen atoms in total. The molecule has 0 spiro atoms. The molecule has 0 unspecified atom stereocenters. The van der Waals surface area contributed by atoms with Crippen LogP contribution in [0.3, 0.4) is 0 Å². The first kappa shape index (κ1) is 25.7. The number of carbonyl (C=O) groups excluding carboxylic acids is 1. The molecular weight excluding hydrogens is 509 g/mol. The first-order chi connectivity index (χ1) is 17.5. The lowest BCUT2D eigenvalue weighted by Gasteiger charge is -2.16. The van der Waals surface area contributed by atoms with Crippen LogP contribution in [0.2, 0.25) is 0 Å². The molecule has 4 aromatic rings. The Balaban J connectivity index is 1.52. The molecule has 4 rings (SSSR count). The molecule has 2 amide bonds. The molecule has 0 fully saturated rings. The van der Waals surface area contributed by atoms with Crippen LogP contribution in [-0.2, 0) is 22.7 Å². The van der Waals surface area contributed by atoms with Crippen LogP contribution >= 0.6 is 0 Å². The van der Waals surface area contributed by atoms with E-state index in [0.717, 1.165) is 17.7 Å². The summed E-state index contributed by atoms with van der Waals surface area (Å²) < 4.78 is 70.1. The third-order valence-electron chi connectivity index (χ3n) is 5.23. The minimum Gasteiger partial charge on any atom is -0.334 e. The van der Waals surface area contributed by atoms with Crippen molar-refractivity contribution in [1.29, 1.82) is 0 Å². The zero-order valence-corrected chi connectivity index (χ0v) is 20.1. The van der Waals surface area contributed by atoms with Gasteiger partial charge in [0.05, 0.1) is 11.3 Å². The second kappa shape index (κ2) is 10.3. The van der Waals surface area contributed by atoms with Crippen LogP contribution in [0.25, 0.3) is 5.69 Å². The molecule has 3 N–H and O–H groups in total. The van der Waals surface area contributed by atoms with Gasteiger partial charge in [0.25, 0.3) is 10.0 Å². The van der Waals surface area contributed by atoms with Crippen molar-refractivity contribution in [2.24, 2.45) is 0 Å². The summed E-state index contributed by atoms with van der Waals surface area (Å²) in [6.45, 7) is 1.85. The number of imidazole rings is 1. The van der Waals surface area contributed by atoms with Gasteiger partial charge in [-0.3, -0.25) is 9.71 Å². The number of benzene rings is 2. The Hall–Kier alpha value is -4.39. The van der Waals surface area contributed by atoms with Gasteiger partial charge < -0.3 is 15.2 Å². The lowest BCUT2D eigenvalue weighted by Crippen LogP contribution is -2.28. The van der Waals surface area contributed by atoms with Gasteiger partial charge >= 0.3 is 12.2 Å². The summed E-state index contributed by atoms with van der Waals surface area (Å²) in [5.41, 5.74) is 0.181. The van der Waals surface area contributed by atoms with E-state index in [0.29, 0.717) is 17.6 Å².